The van der Waals surface area contributed by atoms with E-state index in [-0.39, 0.29) is 41.9 Å². The van der Waals surface area contributed by atoms with Crippen LogP contribution in [0.25, 0.3) is 0 Å². The zero-order chi connectivity index (χ0) is 26.6. The van der Waals surface area contributed by atoms with Gasteiger partial charge in [0.25, 0.3) is 0 Å². The largest absolute Gasteiger partial charge is 0.375 e. The fraction of sp³-hybridized carbons (Fsp3) is 0.567. The van der Waals surface area contributed by atoms with Gasteiger partial charge in [0.15, 0.2) is 0 Å². The average molecular weight is 528 g/mol. The van der Waals surface area contributed by atoms with Crippen LogP contribution in [-0.2, 0) is 9.53 Å². The monoisotopic (exact) mass is 527 g/mol. The summed E-state index contributed by atoms with van der Waals surface area (Å²) < 4.78 is 48.3. The van der Waals surface area contributed by atoms with Crippen molar-refractivity contribution >= 4 is 11.6 Å². The van der Waals surface area contributed by atoms with Crippen LogP contribution in [-0.4, -0.2) is 72.2 Å². The molecular formula is C30H36F3N3O2. The molecule has 0 spiro atoms. The van der Waals surface area contributed by atoms with Gasteiger partial charge in [-0.15, -0.1) is 0 Å². The van der Waals surface area contributed by atoms with Crippen molar-refractivity contribution in [3.63, 3.8) is 0 Å². The number of nitrogens with zero attached hydrogens (tertiary/aromatic N) is 3. The van der Waals surface area contributed by atoms with Crippen LogP contribution in [0.15, 0.2) is 42.5 Å². The summed E-state index contributed by atoms with van der Waals surface area (Å²) in [7, 11) is 0. The van der Waals surface area contributed by atoms with Crippen LogP contribution < -0.4 is 4.90 Å². The molecule has 4 aliphatic heterocycles. The number of halogens is 3. The summed E-state index contributed by atoms with van der Waals surface area (Å²) >= 11 is 0. The number of anilines is 1. The molecule has 4 saturated heterocycles. The van der Waals surface area contributed by atoms with E-state index in [1.807, 2.05) is 4.90 Å². The van der Waals surface area contributed by atoms with Gasteiger partial charge in [0, 0.05) is 62.0 Å². The smallest absolute Gasteiger partial charge is 0.227 e. The molecule has 2 aromatic rings. The third kappa shape index (κ3) is 4.81. The number of piperazine rings is 1. The first-order valence-corrected chi connectivity index (χ1v) is 13.9. The highest BCUT2D eigenvalue weighted by molar-refractivity contribution is 5.81. The molecule has 0 saturated carbocycles. The Morgan fingerprint density at radius 2 is 1.47 bits per heavy atom. The predicted molar refractivity (Wildman–Crippen MR) is 139 cm³/mol. The number of carbonyl (C=O) groups excluding carboxylic acids is 1. The Kier molecular flexibility index (Phi) is 6.89. The van der Waals surface area contributed by atoms with Crippen molar-refractivity contribution in [2.24, 2.45) is 5.92 Å². The SMILES string of the molecule is C[C@@H]1CN(C(=O)[C@H]2CN(C3CC4CCC(C3)O4)C[C@@H]2c2ccc(F)cc2F)C[C@H](C)N1c1ccc(F)cc1. The summed E-state index contributed by atoms with van der Waals surface area (Å²) in [5, 5.41) is 0. The molecule has 0 N–H and O–H groups in total. The minimum Gasteiger partial charge on any atom is -0.375 e. The Balaban J connectivity index is 1.23. The van der Waals surface area contributed by atoms with Crippen molar-refractivity contribution < 1.29 is 22.7 Å². The normalized spacial score (nSPS) is 33.7. The molecule has 2 unspecified atom stereocenters. The molecule has 6 atom stereocenters. The molecular weight excluding hydrogens is 491 g/mol. The van der Waals surface area contributed by atoms with E-state index in [1.54, 1.807) is 12.1 Å². The second-order valence-corrected chi connectivity index (χ2v) is 11.7. The van der Waals surface area contributed by atoms with Gasteiger partial charge in [-0.2, -0.15) is 0 Å². The Morgan fingerprint density at radius 3 is 2.11 bits per heavy atom. The van der Waals surface area contributed by atoms with E-state index in [2.05, 4.69) is 23.6 Å². The van der Waals surface area contributed by atoms with Gasteiger partial charge in [0.05, 0.1) is 18.1 Å². The molecule has 1 amide bonds. The maximum Gasteiger partial charge on any atom is 0.227 e. The third-order valence-electron chi connectivity index (χ3n) is 9.16. The molecule has 4 fully saturated rings. The number of hydrogen-bond donors (Lipinski definition) is 0. The molecule has 204 valence electrons. The van der Waals surface area contributed by atoms with Gasteiger partial charge >= 0.3 is 0 Å². The van der Waals surface area contributed by atoms with Crippen LogP contribution in [0.5, 0.6) is 0 Å². The van der Waals surface area contributed by atoms with Crippen molar-refractivity contribution in [3.8, 4) is 0 Å². The van der Waals surface area contributed by atoms with Crippen molar-refractivity contribution in [3.05, 3.63) is 65.5 Å². The van der Waals surface area contributed by atoms with Crippen LogP contribution in [0.1, 0.15) is 51.0 Å². The first kappa shape index (κ1) is 25.7. The van der Waals surface area contributed by atoms with Crippen LogP contribution >= 0.6 is 0 Å². The summed E-state index contributed by atoms with van der Waals surface area (Å²) in [6, 6.07) is 10.6. The van der Waals surface area contributed by atoms with E-state index in [0.29, 0.717) is 37.8 Å². The van der Waals surface area contributed by atoms with E-state index < -0.39 is 17.6 Å². The Hall–Kier alpha value is -2.58. The highest BCUT2D eigenvalue weighted by Gasteiger charge is 2.47. The standard InChI is InChI=1S/C30H36F3N3O2/c1-18-14-35(15-19(2)36(18)22-6-3-20(31)4-7-22)30(37)28-17-34(23-12-24-8-9-25(13-23)38-24)16-27(28)26-10-5-21(32)11-29(26)33/h3-7,10-11,18-19,23-25,27-28H,8-9,12-17H2,1-2H3/t18-,19+,23?,24?,25?,27-,28+/m1/s1. The lowest BCUT2D eigenvalue weighted by molar-refractivity contribution is -0.137. The summed E-state index contributed by atoms with van der Waals surface area (Å²) in [6.07, 6.45) is 4.61. The predicted octanol–water partition coefficient (Wildman–Crippen LogP) is 4.96. The highest BCUT2D eigenvalue weighted by atomic mass is 19.1. The Bertz CT molecular complexity index is 1150. The first-order chi connectivity index (χ1) is 18.3. The maximum absolute atomic E-state index is 15.0. The van der Waals surface area contributed by atoms with Gasteiger partial charge in [0.2, 0.25) is 5.91 Å². The van der Waals surface area contributed by atoms with Gasteiger partial charge in [-0.05, 0) is 75.4 Å². The fourth-order valence-corrected chi connectivity index (χ4v) is 7.49. The fourth-order valence-electron chi connectivity index (χ4n) is 7.49. The number of ether oxygens (including phenoxy) is 1. The lowest BCUT2D eigenvalue weighted by Crippen LogP contribution is -2.59. The number of likely N-dealkylation sites (tertiary alicyclic amines) is 1. The van der Waals surface area contributed by atoms with E-state index in [4.69, 9.17) is 4.74 Å². The lowest BCUT2D eigenvalue weighted by atomic mass is 9.87. The first-order valence-electron chi connectivity index (χ1n) is 13.9. The summed E-state index contributed by atoms with van der Waals surface area (Å²) in [4.78, 5) is 20.6. The summed E-state index contributed by atoms with van der Waals surface area (Å²) in [5.41, 5.74) is 1.36. The minimum atomic E-state index is -0.607. The van der Waals surface area contributed by atoms with Crippen LogP contribution in [0.3, 0.4) is 0 Å². The molecule has 38 heavy (non-hydrogen) atoms. The highest BCUT2D eigenvalue weighted by Crippen LogP contribution is 2.42. The Labute approximate surface area is 222 Å². The molecule has 0 aromatic heterocycles. The number of fused-ring (bicyclic) bond motifs is 2. The molecule has 4 aliphatic rings. The van der Waals surface area contributed by atoms with Crippen molar-refractivity contribution in [1.29, 1.82) is 0 Å². The van der Waals surface area contributed by atoms with Crippen molar-refractivity contribution in [1.82, 2.24) is 9.80 Å². The van der Waals surface area contributed by atoms with Gasteiger partial charge < -0.3 is 14.5 Å². The Morgan fingerprint density at radius 1 is 0.842 bits per heavy atom. The van der Waals surface area contributed by atoms with Crippen LogP contribution in [0.2, 0.25) is 0 Å². The van der Waals surface area contributed by atoms with Gasteiger partial charge in [0.1, 0.15) is 17.5 Å². The molecule has 0 radical (unpaired) electrons. The topological polar surface area (TPSA) is 36.0 Å². The lowest BCUT2D eigenvalue weighted by Gasteiger charge is -2.46. The third-order valence-corrected chi connectivity index (χ3v) is 9.16. The molecule has 2 bridgehead atoms. The average Bonchev–Trinajstić information content (AvgIpc) is 3.47. The van der Waals surface area contributed by atoms with Gasteiger partial charge in [-0.25, -0.2) is 13.2 Å². The summed E-state index contributed by atoms with van der Waals surface area (Å²) in [6.45, 7) is 6.40. The van der Waals surface area contributed by atoms with Crippen LogP contribution in [0.4, 0.5) is 18.9 Å². The van der Waals surface area contributed by atoms with Gasteiger partial charge in [-0.3, -0.25) is 9.69 Å². The molecule has 0 aliphatic carbocycles. The molecule has 5 nitrogen and oxygen atoms in total. The molecule has 4 heterocycles. The molecule has 2 aromatic carbocycles. The molecule has 6 rings (SSSR count). The quantitative estimate of drug-likeness (QED) is 0.564. The number of rotatable bonds is 4. The maximum atomic E-state index is 15.0. The van der Waals surface area contributed by atoms with E-state index >= 15 is 4.39 Å². The summed E-state index contributed by atoms with van der Waals surface area (Å²) in [5.74, 6) is -2.15. The number of hydrogen-bond acceptors (Lipinski definition) is 4. The van der Waals surface area contributed by atoms with Crippen LogP contribution in [0, 0.1) is 23.4 Å². The van der Waals surface area contributed by atoms with E-state index in [9.17, 15) is 13.6 Å². The van der Waals surface area contributed by atoms with Crippen molar-refractivity contribution in [2.75, 3.05) is 31.1 Å². The number of benzene rings is 2. The zero-order valence-corrected chi connectivity index (χ0v) is 22.0. The second-order valence-electron chi connectivity index (χ2n) is 11.7. The number of carbonyl (C=O) groups is 1. The second kappa shape index (κ2) is 10.2. The zero-order valence-electron chi connectivity index (χ0n) is 22.0. The molecule has 8 heteroatoms. The number of amides is 1. The van der Waals surface area contributed by atoms with E-state index in [0.717, 1.165) is 37.4 Å². The minimum absolute atomic E-state index is 0.0358. The van der Waals surface area contributed by atoms with E-state index in [1.165, 1.54) is 24.3 Å². The van der Waals surface area contributed by atoms with Crippen molar-refractivity contribution in [2.45, 2.75) is 75.8 Å². The van der Waals surface area contributed by atoms with Gasteiger partial charge in [-0.1, -0.05) is 6.07 Å².